The maximum absolute atomic E-state index is 12.3. The van der Waals surface area contributed by atoms with Crippen LogP contribution in [0.3, 0.4) is 0 Å². The Morgan fingerprint density at radius 1 is 1.20 bits per heavy atom. The largest absolute Gasteiger partial charge is 0.481 e. The fourth-order valence-electron chi connectivity index (χ4n) is 6.67. The molecule has 20 heavy (non-hydrogen) atoms. The number of carboxylic acid groups (broad SMARTS) is 1. The minimum absolute atomic E-state index is 0.217. The van der Waals surface area contributed by atoms with E-state index in [0.717, 1.165) is 25.2 Å². The number of rotatable bonds is 2. The summed E-state index contributed by atoms with van der Waals surface area (Å²) in [6, 6.07) is 0. The lowest BCUT2D eigenvalue weighted by atomic mass is 9.54. The number of allylic oxidation sites excluding steroid dienone is 2. The van der Waals surface area contributed by atoms with Crippen LogP contribution < -0.4 is 0 Å². The van der Waals surface area contributed by atoms with Crippen molar-refractivity contribution >= 4 is 5.97 Å². The first-order chi connectivity index (χ1) is 9.32. The summed E-state index contributed by atoms with van der Waals surface area (Å²) in [6.07, 6.45) is 10.2. The average Bonchev–Trinajstić information content (AvgIpc) is 3.07. The third-order valence-electron chi connectivity index (χ3n) is 8.25. The van der Waals surface area contributed by atoms with Gasteiger partial charge in [-0.2, -0.15) is 0 Å². The van der Waals surface area contributed by atoms with Crippen molar-refractivity contribution in [3.05, 3.63) is 12.2 Å². The molecule has 0 radical (unpaired) electrons. The smallest absolute Gasteiger partial charge is 0.310 e. The van der Waals surface area contributed by atoms with Gasteiger partial charge >= 0.3 is 5.97 Å². The second-order valence-corrected chi connectivity index (χ2v) is 8.70. The van der Waals surface area contributed by atoms with Crippen molar-refractivity contribution in [1.29, 1.82) is 0 Å². The lowest BCUT2D eigenvalue weighted by Crippen LogP contribution is -2.49. The third-order valence-corrected chi connectivity index (χ3v) is 8.25. The second-order valence-electron chi connectivity index (χ2n) is 8.70. The number of hydrogen-bond acceptors (Lipinski definition) is 1. The predicted octanol–water partition coefficient (Wildman–Crippen LogP) is 4.12. The van der Waals surface area contributed by atoms with E-state index in [1.807, 2.05) is 0 Å². The quantitative estimate of drug-likeness (QED) is 0.769. The fraction of sp³-hybridized carbons (Fsp3) is 0.833. The molecule has 4 rings (SSSR count). The van der Waals surface area contributed by atoms with Crippen LogP contribution >= 0.6 is 0 Å². The van der Waals surface area contributed by atoms with Crippen LogP contribution in [-0.2, 0) is 4.79 Å². The van der Waals surface area contributed by atoms with E-state index in [-0.39, 0.29) is 5.41 Å². The summed E-state index contributed by atoms with van der Waals surface area (Å²) in [5.74, 6) is 1.42. The van der Waals surface area contributed by atoms with Gasteiger partial charge in [-0.05, 0) is 66.6 Å². The van der Waals surface area contributed by atoms with Gasteiger partial charge in [0.1, 0.15) is 0 Å². The van der Waals surface area contributed by atoms with Crippen LogP contribution in [0.4, 0.5) is 0 Å². The summed E-state index contributed by atoms with van der Waals surface area (Å²) in [5.41, 5.74) is 0.0701. The van der Waals surface area contributed by atoms with Crippen LogP contribution in [0.1, 0.15) is 52.9 Å². The van der Waals surface area contributed by atoms with Gasteiger partial charge in [0.2, 0.25) is 0 Å². The Morgan fingerprint density at radius 3 is 2.35 bits per heavy atom. The molecule has 2 heteroatoms. The highest BCUT2D eigenvalue weighted by atomic mass is 16.4. The van der Waals surface area contributed by atoms with Crippen LogP contribution in [0.2, 0.25) is 0 Å². The van der Waals surface area contributed by atoms with Crippen LogP contribution in [0.5, 0.6) is 0 Å². The maximum Gasteiger partial charge on any atom is 0.310 e. The molecule has 4 bridgehead atoms. The molecular formula is C18H26O2. The highest BCUT2D eigenvalue weighted by molar-refractivity contribution is 5.77. The molecule has 0 amide bonds. The molecule has 0 aromatic heterocycles. The molecule has 0 heterocycles. The summed E-state index contributed by atoms with van der Waals surface area (Å²) in [7, 11) is 0. The summed E-state index contributed by atoms with van der Waals surface area (Å²) in [4.78, 5) is 12.3. The van der Waals surface area contributed by atoms with Crippen LogP contribution in [-0.4, -0.2) is 11.1 Å². The number of aliphatic carboxylic acids is 1. The van der Waals surface area contributed by atoms with Crippen molar-refractivity contribution in [2.24, 2.45) is 39.9 Å². The minimum atomic E-state index is -0.510. The van der Waals surface area contributed by atoms with Crippen molar-refractivity contribution < 1.29 is 9.90 Å². The van der Waals surface area contributed by atoms with Gasteiger partial charge in [-0.15, -0.1) is 0 Å². The zero-order valence-corrected chi connectivity index (χ0v) is 12.9. The van der Waals surface area contributed by atoms with Gasteiger partial charge in [-0.25, -0.2) is 0 Å². The van der Waals surface area contributed by atoms with Crippen molar-refractivity contribution in [1.82, 2.24) is 0 Å². The fourth-order valence-corrected chi connectivity index (χ4v) is 6.67. The van der Waals surface area contributed by atoms with E-state index in [1.54, 1.807) is 0 Å². The van der Waals surface area contributed by atoms with Crippen molar-refractivity contribution in [3.8, 4) is 0 Å². The lowest BCUT2D eigenvalue weighted by Gasteiger charge is -2.48. The van der Waals surface area contributed by atoms with Crippen molar-refractivity contribution in [3.63, 3.8) is 0 Å². The predicted molar refractivity (Wildman–Crippen MR) is 78.1 cm³/mol. The van der Waals surface area contributed by atoms with Crippen LogP contribution in [0, 0.1) is 39.9 Å². The van der Waals surface area contributed by atoms with Gasteiger partial charge in [-0.3, -0.25) is 4.79 Å². The van der Waals surface area contributed by atoms with E-state index >= 15 is 0 Å². The zero-order valence-electron chi connectivity index (χ0n) is 12.9. The minimum Gasteiger partial charge on any atom is -0.481 e. The first-order valence-corrected chi connectivity index (χ1v) is 8.24. The standard InChI is InChI=1S/C18H26O2/c1-16(2)12-6-7-17(16,3)14(9-12)18(15(19)20)10-11-4-5-13(18)8-11/h4-5,11-14H,6-10H2,1-3H3,(H,19,20). The topological polar surface area (TPSA) is 37.3 Å². The molecule has 0 aromatic rings. The normalized spacial score (nSPS) is 54.8. The van der Waals surface area contributed by atoms with Gasteiger partial charge < -0.3 is 5.11 Å². The highest BCUT2D eigenvalue weighted by Gasteiger charge is 2.70. The molecule has 110 valence electrons. The Morgan fingerprint density at radius 2 is 1.95 bits per heavy atom. The summed E-state index contributed by atoms with van der Waals surface area (Å²) >= 11 is 0. The van der Waals surface area contributed by atoms with Gasteiger partial charge in [0.15, 0.2) is 0 Å². The molecule has 3 fully saturated rings. The molecule has 0 saturated heterocycles. The number of carboxylic acids is 1. The van der Waals surface area contributed by atoms with Crippen LogP contribution in [0.25, 0.3) is 0 Å². The Balaban J connectivity index is 1.81. The Hall–Kier alpha value is -0.790. The zero-order chi connectivity index (χ0) is 14.3. The third kappa shape index (κ3) is 1.17. The summed E-state index contributed by atoms with van der Waals surface area (Å²) < 4.78 is 0. The molecule has 1 N–H and O–H groups in total. The molecule has 6 unspecified atom stereocenters. The lowest BCUT2D eigenvalue weighted by molar-refractivity contribution is -0.160. The van der Waals surface area contributed by atoms with Gasteiger partial charge in [-0.1, -0.05) is 32.9 Å². The first-order valence-electron chi connectivity index (χ1n) is 8.24. The number of carbonyl (C=O) groups is 1. The van der Waals surface area contributed by atoms with Crippen LogP contribution in [0.15, 0.2) is 12.2 Å². The van der Waals surface area contributed by atoms with E-state index in [2.05, 4.69) is 32.9 Å². The first kappa shape index (κ1) is 12.9. The Kier molecular flexibility index (Phi) is 2.27. The molecule has 2 nitrogen and oxygen atoms in total. The van der Waals surface area contributed by atoms with Gasteiger partial charge in [0, 0.05) is 0 Å². The van der Waals surface area contributed by atoms with E-state index in [1.165, 1.54) is 12.8 Å². The van der Waals surface area contributed by atoms with Crippen molar-refractivity contribution in [2.45, 2.75) is 52.9 Å². The van der Waals surface area contributed by atoms with Gasteiger partial charge in [0.25, 0.3) is 0 Å². The molecule has 4 aliphatic rings. The number of hydrogen-bond donors (Lipinski definition) is 1. The molecular weight excluding hydrogens is 248 g/mol. The van der Waals surface area contributed by atoms with Crippen molar-refractivity contribution in [2.75, 3.05) is 0 Å². The Labute approximate surface area is 121 Å². The molecule has 0 aliphatic heterocycles. The van der Waals surface area contributed by atoms with E-state index in [0.29, 0.717) is 23.2 Å². The van der Waals surface area contributed by atoms with E-state index in [9.17, 15) is 9.90 Å². The van der Waals surface area contributed by atoms with E-state index in [4.69, 9.17) is 0 Å². The average molecular weight is 274 g/mol. The SMILES string of the molecule is CC1(C)C2CCC1(C)C(C1(C(=O)O)CC3C=CC1C3)C2. The highest BCUT2D eigenvalue weighted by Crippen LogP contribution is 2.75. The second kappa shape index (κ2) is 3.51. The maximum atomic E-state index is 12.3. The monoisotopic (exact) mass is 274 g/mol. The summed E-state index contributed by atoms with van der Waals surface area (Å²) in [5, 5.41) is 10.1. The molecule has 6 atom stereocenters. The number of fused-ring (bicyclic) bond motifs is 4. The Bertz CT molecular complexity index is 506. The van der Waals surface area contributed by atoms with Gasteiger partial charge in [0.05, 0.1) is 5.41 Å². The van der Waals surface area contributed by atoms with E-state index < -0.39 is 11.4 Å². The molecule has 0 aromatic carbocycles. The molecule has 4 aliphatic carbocycles. The molecule has 0 spiro atoms. The summed E-state index contributed by atoms with van der Waals surface area (Å²) in [6.45, 7) is 7.18. The molecule has 3 saturated carbocycles.